The van der Waals surface area contributed by atoms with Crippen molar-refractivity contribution in [1.29, 1.82) is 0 Å². The summed E-state index contributed by atoms with van der Waals surface area (Å²) in [6.45, 7) is 3.58. The van der Waals surface area contributed by atoms with Crippen LogP contribution in [0, 0.1) is 5.41 Å². The zero-order valence-corrected chi connectivity index (χ0v) is 14.5. The molecular weight excluding hydrogens is 322 g/mol. The first-order valence-electron chi connectivity index (χ1n) is 8.27. The predicted octanol–water partition coefficient (Wildman–Crippen LogP) is 1.86. The lowest BCUT2D eigenvalue weighted by Gasteiger charge is -2.18. The largest absolute Gasteiger partial charge is 0.481 e. The Bertz CT molecular complexity index is 826. The first kappa shape index (κ1) is 18.6. The van der Waals surface area contributed by atoms with Crippen molar-refractivity contribution in [3.05, 3.63) is 40.4 Å². The molecule has 0 aliphatic rings. The number of aromatic amines is 1. The molecule has 0 spiro atoms. The number of rotatable bonds is 8. The summed E-state index contributed by atoms with van der Waals surface area (Å²) in [4.78, 5) is 41.9. The summed E-state index contributed by atoms with van der Waals surface area (Å²) in [7, 11) is 0. The van der Waals surface area contributed by atoms with Gasteiger partial charge >= 0.3 is 5.97 Å². The number of carbonyl (C=O) groups excluding carboxylic acids is 1. The number of para-hydroxylation sites is 1. The molecule has 2 aromatic rings. The van der Waals surface area contributed by atoms with E-state index >= 15 is 0 Å². The fourth-order valence-corrected chi connectivity index (χ4v) is 2.38. The lowest BCUT2D eigenvalue weighted by atomic mass is 9.90. The van der Waals surface area contributed by atoms with Gasteiger partial charge in [0.1, 0.15) is 5.82 Å². The van der Waals surface area contributed by atoms with Crippen LogP contribution in [-0.4, -0.2) is 33.5 Å². The Kier molecular flexibility index (Phi) is 5.90. The molecule has 1 heterocycles. The Morgan fingerprint density at radius 1 is 1.28 bits per heavy atom. The first-order valence-corrected chi connectivity index (χ1v) is 8.27. The molecule has 0 bridgehead atoms. The number of nitrogens with one attached hydrogen (secondary N) is 2. The molecule has 7 heteroatoms. The van der Waals surface area contributed by atoms with Crippen LogP contribution in [0.1, 0.15) is 38.9 Å². The van der Waals surface area contributed by atoms with E-state index in [-0.39, 0.29) is 11.5 Å². The highest BCUT2D eigenvalue weighted by Crippen LogP contribution is 2.19. The summed E-state index contributed by atoms with van der Waals surface area (Å²) < 4.78 is 0. The maximum absolute atomic E-state index is 12.0. The Balaban J connectivity index is 1.80. The summed E-state index contributed by atoms with van der Waals surface area (Å²) in [6.07, 6.45) is 1.71. The average molecular weight is 345 g/mol. The third kappa shape index (κ3) is 5.14. The molecule has 0 fully saturated rings. The van der Waals surface area contributed by atoms with Crippen molar-refractivity contribution in [1.82, 2.24) is 15.3 Å². The minimum atomic E-state index is -0.881. The second-order valence-electron chi connectivity index (χ2n) is 6.67. The fourth-order valence-electron chi connectivity index (χ4n) is 2.38. The lowest BCUT2D eigenvalue weighted by Crippen LogP contribution is -2.31. The lowest BCUT2D eigenvalue weighted by molar-refractivity contribution is -0.147. The number of aryl methyl sites for hydroxylation is 1. The van der Waals surface area contributed by atoms with Crippen LogP contribution < -0.4 is 10.9 Å². The van der Waals surface area contributed by atoms with Gasteiger partial charge in [-0.3, -0.25) is 14.4 Å². The Hall–Kier alpha value is -2.70. The van der Waals surface area contributed by atoms with Crippen LogP contribution in [0.5, 0.6) is 0 Å². The second kappa shape index (κ2) is 7.92. The van der Waals surface area contributed by atoms with Gasteiger partial charge in [-0.25, -0.2) is 4.98 Å². The number of aliphatic carboxylic acids is 1. The Labute approximate surface area is 145 Å². The van der Waals surface area contributed by atoms with E-state index in [1.54, 1.807) is 32.0 Å². The average Bonchev–Trinajstić information content (AvgIpc) is 2.54. The molecule has 25 heavy (non-hydrogen) atoms. The van der Waals surface area contributed by atoms with Crippen molar-refractivity contribution in [2.24, 2.45) is 5.41 Å². The monoisotopic (exact) mass is 345 g/mol. The summed E-state index contributed by atoms with van der Waals surface area (Å²) in [6, 6.07) is 7.11. The normalized spacial score (nSPS) is 11.4. The van der Waals surface area contributed by atoms with Crippen molar-refractivity contribution in [3.63, 3.8) is 0 Å². The van der Waals surface area contributed by atoms with Gasteiger partial charge in [0.2, 0.25) is 5.91 Å². The second-order valence-corrected chi connectivity index (χ2v) is 6.67. The summed E-state index contributed by atoms with van der Waals surface area (Å²) in [5.74, 6) is -0.457. The van der Waals surface area contributed by atoms with Crippen molar-refractivity contribution in [2.75, 3.05) is 6.54 Å². The van der Waals surface area contributed by atoms with E-state index < -0.39 is 11.4 Å². The zero-order valence-electron chi connectivity index (χ0n) is 14.5. The van der Waals surface area contributed by atoms with Crippen LogP contribution in [0.2, 0.25) is 0 Å². The van der Waals surface area contributed by atoms with E-state index in [4.69, 9.17) is 5.11 Å². The molecule has 0 aliphatic carbocycles. The maximum atomic E-state index is 12.0. The highest BCUT2D eigenvalue weighted by molar-refractivity contribution is 5.77. The third-order valence-electron chi connectivity index (χ3n) is 4.13. The zero-order chi connectivity index (χ0) is 18.4. The summed E-state index contributed by atoms with van der Waals surface area (Å²) >= 11 is 0. The molecule has 134 valence electrons. The van der Waals surface area contributed by atoms with Gasteiger partial charge in [0, 0.05) is 19.4 Å². The van der Waals surface area contributed by atoms with Crippen LogP contribution in [0.15, 0.2) is 29.1 Å². The van der Waals surface area contributed by atoms with Gasteiger partial charge in [-0.2, -0.15) is 0 Å². The molecule has 3 N–H and O–H groups in total. The van der Waals surface area contributed by atoms with Crippen LogP contribution in [-0.2, 0) is 16.0 Å². The fraction of sp³-hybridized carbons (Fsp3) is 0.444. The van der Waals surface area contributed by atoms with Gasteiger partial charge < -0.3 is 15.4 Å². The molecule has 0 aliphatic heterocycles. The highest BCUT2D eigenvalue weighted by Gasteiger charge is 2.26. The van der Waals surface area contributed by atoms with Gasteiger partial charge in [0.05, 0.1) is 16.3 Å². The van der Waals surface area contributed by atoms with E-state index in [0.29, 0.717) is 49.0 Å². The van der Waals surface area contributed by atoms with Crippen molar-refractivity contribution in [2.45, 2.75) is 39.5 Å². The van der Waals surface area contributed by atoms with Gasteiger partial charge in [-0.1, -0.05) is 12.1 Å². The standard InChI is InChI=1S/C18H23N3O4/c1-18(2,17(24)25)10-11-19-15(22)9-5-8-14-20-13-7-4-3-6-12(13)16(23)21-14/h3-4,6-7H,5,8-11H2,1-2H3,(H,19,22)(H,24,25)(H,20,21,23). The number of aromatic nitrogens is 2. The SMILES string of the molecule is CC(C)(CCNC(=O)CCCc1nc2ccccc2c(=O)[nH]1)C(=O)O. The first-order chi connectivity index (χ1) is 11.8. The minimum Gasteiger partial charge on any atom is -0.481 e. The van der Waals surface area contributed by atoms with Gasteiger partial charge in [-0.05, 0) is 38.8 Å². The summed E-state index contributed by atoms with van der Waals surface area (Å²) in [5.41, 5.74) is -0.399. The van der Waals surface area contributed by atoms with Crippen LogP contribution in [0.4, 0.5) is 0 Å². The number of hydrogen-bond acceptors (Lipinski definition) is 4. The minimum absolute atomic E-state index is 0.135. The van der Waals surface area contributed by atoms with E-state index in [1.165, 1.54) is 0 Å². The molecule has 1 amide bonds. The smallest absolute Gasteiger partial charge is 0.309 e. The number of carboxylic acid groups (broad SMARTS) is 1. The molecular formula is C18H23N3O4. The number of amides is 1. The maximum Gasteiger partial charge on any atom is 0.309 e. The molecule has 0 radical (unpaired) electrons. The molecule has 0 atom stereocenters. The topological polar surface area (TPSA) is 112 Å². The number of benzene rings is 1. The van der Waals surface area contributed by atoms with Crippen LogP contribution in [0.3, 0.4) is 0 Å². The number of fused-ring (bicyclic) bond motifs is 1. The third-order valence-corrected chi connectivity index (χ3v) is 4.13. The predicted molar refractivity (Wildman–Crippen MR) is 94.3 cm³/mol. The van der Waals surface area contributed by atoms with Crippen molar-refractivity contribution in [3.8, 4) is 0 Å². The van der Waals surface area contributed by atoms with E-state index in [0.717, 1.165) is 0 Å². The number of hydrogen-bond donors (Lipinski definition) is 3. The van der Waals surface area contributed by atoms with E-state index in [9.17, 15) is 14.4 Å². The molecule has 0 saturated carbocycles. The van der Waals surface area contributed by atoms with Gasteiger partial charge in [0.15, 0.2) is 0 Å². The number of carboxylic acids is 1. The van der Waals surface area contributed by atoms with E-state index in [2.05, 4.69) is 15.3 Å². The van der Waals surface area contributed by atoms with Gasteiger partial charge in [0.25, 0.3) is 5.56 Å². The molecule has 7 nitrogen and oxygen atoms in total. The van der Waals surface area contributed by atoms with Crippen molar-refractivity contribution < 1.29 is 14.7 Å². The molecule has 1 aromatic carbocycles. The molecule has 0 unspecified atom stereocenters. The number of nitrogens with zero attached hydrogens (tertiary/aromatic N) is 1. The Morgan fingerprint density at radius 2 is 2.00 bits per heavy atom. The van der Waals surface area contributed by atoms with Crippen LogP contribution >= 0.6 is 0 Å². The molecule has 0 saturated heterocycles. The van der Waals surface area contributed by atoms with Crippen molar-refractivity contribution >= 4 is 22.8 Å². The molecule has 2 rings (SSSR count). The summed E-state index contributed by atoms with van der Waals surface area (Å²) in [5, 5.41) is 12.3. The quantitative estimate of drug-likeness (QED) is 0.676. The van der Waals surface area contributed by atoms with Gasteiger partial charge in [-0.15, -0.1) is 0 Å². The number of carbonyl (C=O) groups is 2. The molecule has 1 aromatic heterocycles. The van der Waals surface area contributed by atoms with E-state index in [1.807, 2.05) is 6.07 Å². The number of H-pyrrole nitrogens is 1. The van der Waals surface area contributed by atoms with Crippen LogP contribution in [0.25, 0.3) is 10.9 Å². The Morgan fingerprint density at radius 3 is 2.72 bits per heavy atom. The highest BCUT2D eigenvalue weighted by atomic mass is 16.4.